The number of hydrogen-bond acceptors (Lipinski definition) is 6. The largest absolute Gasteiger partial charge is 0.478 e. The van der Waals surface area contributed by atoms with Crippen molar-refractivity contribution in [3.8, 4) is 0 Å². The Morgan fingerprint density at radius 2 is 1.97 bits per heavy atom. The van der Waals surface area contributed by atoms with Crippen LogP contribution in [0.25, 0.3) is 0 Å². The number of carbonyl (C=O) groups excluding carboxylic acids is 1. The average molecular weight is 429 g/mol. The topological polar surface area (TPSA) is 109 Å². The van der Waals surface area contributed by atoms with E-state index in [0.717, 1.165) is 17.0 Å². The smallest absolute Gasteiger partial charge is 0.339 e. The first-order chi connectivity index (χ1) is 14.3. The number of aromatic nitrogens is 2. The maximum absolute atomic E-state index is 12.4. The van der Waals surface area contributed by atoms with Gasteiger partial charge in [0.15, 0.2) is 0 Å². The van der Waals surface area contributed by atoms with Crippen molar-refractivity contribution in [2.45, 2.75) is 20.3 Å². The zero-order valence-corrected chi connectivity index (χ0v) is 17.5. The number of halogens is 1. The minimum Gasteiger partial charge on any atom is -0.478 e. The molecule has 2 aromatic heterocycles. The molecule has 0 aliphatic heterocycles. The van der Waals surface area contributed by atoms with Gasteiger partial charge >= 0.3 is 5.97 Å². The van der Waals surface area contributed by atoms with E-state index in [9.17, 15) is 14.7 Å². The van der Waals surface area contributed by atoms with Gasteiger partial charge in [0, 0.05) is 19.2 Å². The normalized spacial score (nSPS) is 10.7. The number of anilines is 2. The molecule has 0 fully saturated rings. The van der Waals surface area contributed by atoms with E-state index in [0.29, 0.717) is 23.8 Å². The lowest BCUT2D eigenvalue weighted by atomic mass is 10.1. The molecule has 1 amide bonds. The van der Waals surface area contributed by atoms with Crippen LogP contribution in [0.3, 0.4) is 0 Å². The molecule has 156 valence electrons. The molecule has 2 N–H and O–H groups in total. The van der Waals surface area contributed by atoms with Gasteiger partial charge in [-0.1, -0.05) is 28.9 Å². The number of aromatic carboxylic acids is 1. The highest BCUT2D eigenvalue weighted by Gasteiger charge is 2.19. The van der Waals surface area contributed by atoms with Gasteiger partial charge in [-0.25, -0.2) is 9.78 Å². The predicted octanol–water partition coefficient (Wildman–Crippen LogP) is 3.97. The Bertz CT molecular complexity index is 1080. The van der Waals surface area contributed by atoms with Crippen molar-refractivity contribution in [1.29, 1.82) is 0 Å². The number of carbonyl (C=O) groups is 2. The molecular formula is C21H21ClN4O4. The summed E-state index contributed by atoms with van der Waals surface area (Å²) in [5.41, 5.74) is 2.33. The zero-order chi connectivity index (χ0) is 21.8. The van der Waals surface area contributed by atoms with Gasteiger partial charge in [-0.3, -0.25) is 4.79 Å². The van der Waals surface area contributed by atoms with Crippen molar-refractivity contribution in [3.05, 3.63) is 69.7 Å². The molecular weight excluding hydrogens is 408 g/mol. The fourth-order valence-electron chi connectivity index (χ4n) is 3.08. The Labute approximate surface area is 178 Å². The number of likely N-dealkylation sites (N-methyl/N-ethyl adjacent to an activating group) is 1. The second kappa shape index (κ2) is 8.96. The van der Waals surface area contributed by atoms with Crippen LogP contribution in [-0.4, -0.2) is 40.7 Å². The van der Waals surface area contributed by atoms with Gasteiger partial charge in [-0.15, -0.1) is 0 Å². The lowest BCUT2D eigenvalue weighted by Gasteiger charge is -2.20. The van der Waals surface area contributed by atoms with Crippen molar-refractivity contribution in [3.63, 3.8) is 0 Å². The van der Waals surface area contributed by atoms with E-state index in [-0.39, 0.29) is 16.8 Å². The Hall–Kier alpha value is -3.39. The lowest BCUT2D eigenvalue weighted by Crippen LogP contribution is -2.24. The van der Waals surface area contributed by atoms with Crippen LogP contribution in [0.4, 0.5) is 11.5 Å². The van der Waals surface area contributed by atoms with Gasteiger partial charge in [0.25, 0.3) is 5.91 Å². The molecule has 0 aliphatic carbocycles. The van der Waals surface area contributed by atoms with Crippen molar-refractivity contribution in [1.82, 2.24) is 10.1 Å². The average Bonchev–Trinajstić information content (AvgIpc) is 3.03. The monoisotopic (exact) mass is 428 g/mol. The standard InChI is InChI=1S/C21H21ClN4O4/c1-12-15(13(2)30-25-12)8-9-26(3)19-17(21(28)29)10-14(11-23-19)24-20(27)16-6-4-5-7-18(16)22/h4-7,10-11H,8-9H2,1-3H3,(H,24,27)(H,28,29). The predicted molar refractivity (Wildman–Crippen MR) is 114 cm³/mol. The van der Waals surface area contributed by atoms with Crippen LogP contribution in [0.5, 0.6) is 0 Å². The first kappa shape index (κ1) is 21.3. The van der Waals surface area contributed by atoms with E-state index in [1.807, 2.05) is 13.8 Å². The van der Waals surface area contributed by atoms with Gasteiger partial charge in [-0.05, 0) is 38.5 Å². The third-order valence-electron chi connectivity index (χ3n) is 4.71. The minimum absolute atomic E-state index is 0.0202. The Morgan fingerprint density at radius 3 is 2.60 bits per heavy atom. The molecule has 0 atom stereocenters. The molecule has 3 rings (SSSR count). The molecule has 30 heavy (non-hydrogen) atoms. The van der Waals surface area contributed by atoms with Gasteiger partial charge in [0.1, 0.15) is 17.1 Å². The molecule has 3 aromatic rings. The molecule has 0 bridgehead atoms. The van der Waals surface area contributed by atoms with E-state index >= 15 is 0 Å². The van der Waals surface area contributed by atoms with Crippen molar-refractivity contribution in [2.75, 3.05) is 23.8 Å². The molecule has 8 nitrogen and oxygen atoms in total. The minimum atomic E-state index is -1.14. The molecule has 0 spiro atoms. The fraction of sp³-hybridized carbons (Fsp3) is 0.238. The molecule has 0 radical (unpaired) electrons. The van der Waals surface area contributed by atoms with Gasteiger partial charge < -0.3 is 19.8 Å². The number of rotatable bonds is 7. The van der Waals surface area contributed by atoms with Crippen LogP contribution in [0.2, 0.25) is 5.02 Å². The highest BCUT2D eigenvalue weighted by molar-refractivity contribution is 6.34. The molecule has 2 heterocycles. The number of carboxylic acid groups (broad SMARTS) is 1. The SMILES string of the molecule is Cc1noc(C)c1CCN(C)c1ncc(NC(=O)c2ccccc2Cl)cc1C(=O)O. The summed E-state index contributed by atoms with van der Waals surface area (Å²) >= 11 is 6.04. The summed E-state index contributed by atoms with van der Waals surface area (Å²) in [6.07, 6.45) is 2.05. The molecule has 1 aromatic carbocycles. The third-order valence-corrected chi connectivity index (χ3v) is 5.04. The second-order valence-corrected chi connectivity index (χ2v) is 7.22. The quantitative estimate of drug-likeness (QED) is 0.586. The first-order valence-electron chi connectivity index (χ1n) is 9.20. The molecule has 9 heteroatoms. The molecule has 0 unspecified atom stereocenters. The Kier molecular flexibility index (Phi) is 6.37. The van der Waals surface area contributed by atoms with Crippen LogP contribution in [0.15, 0.2) is 41.1 Å². The zero-order valence-electron chi connectivity index (χ0n) is 16.8. The summed E-state index contributed by atoms with van der Waals surface area (Å²) in [5.74, 6) is -0.552. The highest BCUT2D eigenvalue weighted by atomic mass is 35.5. The summed E-state index contributed by atoms with van der Waals surface area (Å²) < 4.78 is 5.16. The van der Waals surface area contributed by atoms with Crippen LogP contribution >= 0.6 is 11.6 Å². The van der Waals surface area contributed by atoms with E-state index in [2.05, 4.69) is 15.5 Å². The number of nitrogens with one attached hydrogen (secondary N) is 1. The summed E-state index contributed by atoms with van der Waals surface area (Å²) in [5, 5.41) is 16.5. The van der Waals surface area contributed by atoms with Crippen LogP contribution in [0.1, 0.15) is 37.7 Å². The molecule has 0 aliphatic rings. The number of benzene rings is 1. The summed E-state index contributed by atoms with van der Waals surface area (Å²) in [7, 11) is 1.76. The Balaban J connectivity index is 1.78. The van der Waals surface area contributed by atoms with E-state index in [1.54, 1.807) is 36.2 Å². The van der Waals surface area contributed by atoms with E-state index in [4.69, 9.17) is 16.1 Å². The summed E-state index contributed by atoms with van der Waals surface area (Å²) in [6, 6.07) is 7.98. The first-order valence-corrected chi connectivity index (χ1v) is 9.57. The molecule has 0 saturated heterocycles. The maximum atomic E-state index is 12.4. The number of hydrogen-bond donors (Lipinski definition) is 2. The number of nitrogens with zero attached hydrogens (tertiary/aromatic N) is 3. The number of amides is 1. The maximum Gasteiger partial charge on any atom is 0.339 e. The van der Waals surface area contributed by atoms with Crippen molar-refractivity contribution < 1.29 is 19.2 Å². The van der Waals surface area contributed by atoms with Crippen LogP contribution < -0.4 is 10.2 Å². The second-order valence-electron chi connectivity index (χ2n) is 6.81. The number of pyridine rings is 1. The van der Waals surface area contributed by atoms with Crippen LogP contribution in [0, 0.1) is 13.8 Å². The van der Waals surface area contributed by atoms with E-state index in [1.165, 1.54) is 12.3 Å². The third kappa shape index (κ3) is 4.60. The van der Waals surface area contributed by atoms with Gasteiger partial charge in [-0.2, -0.15) is 0 Å². The van der Waals surface area contributed by atoms with Gasteiger partial charge in [0.2, 0.25) is 0 Å². The highest BCUT2D eigenvalue weighted by Crippen LogP contribution is 2.23. The van der Waals surface area contributed by atoms with Gasteiger partial charge in [0.05, 0.1) is 28.2 Å². The van der Waals surface area contributed by atoms with Crippen molar-refractivity contribution >= 4 is 35.0 Å². The summed E-state index contributed by atoms with van der Waals surface area (Å²) in [4.78, 5) is 30.3. The van der Waals surface area contributed by atoms with Crippen molar-refractivity contribution in [2.24, 2.45) is 0 Å². The van der Waals surface area contributed by atoms with Crippen LogP contribution in [-0.2, 0) is 6.42 Å². The molecule has 0 saturated carbocycles. The van der Waals surface area contributed by atoms with E-state index < -0.39 is 11.9 Å². The number of carboxylic acids is 1. The fourth-order valence-corrected chi connectivity index (χ4v) is 3.30. The summed E-state index contributed by atoms with van der Waals surface area (Å²) in [6.45, 7) is 4.22. The lowest BCUT2D eigenvalue weighted by molar-refractivity contribution is 0.0696. The number of aryl methyl sites for hydroxylation is 2. The Morgan fingerprint density at radius 1 is 1.23 bits per heavy atom.